The molecule has 4 aromatic rings. The van der Waals surface area contributed by atoms with Crippen LogP contribution in [-0.2, 0) is 11.2 Å². The van der Waals surface area contributed by atoms with Crippen LogP contribution in [0.1, 0.15) is 36.4 Å². The van der Waals surface area contributed by atoms with Crippen LogP contribution in [0, 0.1) is 25.2 Å². The topological polar surface area (TPSA) is 76.8 Å². The van der Waals surface area contributed by atoms with Crippen LogP contribution in [-0.4, -0.2) is 35.1 Å². The number of carbonyl (C=O) groups excluding carboxylic acids is 1. The van der Waals surface area contributed by atoms with Crippen LogP contribution >= 0.6 is 0 Å². The molecule has 0 aliphatic rings. The number of hydrogen-bond donors (Lipinski definition) is 2. The van der Waals surface area contributed by atoms with Crippen molar-refractivity contribution < 1.29 is 4.79 Å². The number of fused-ring (bicyclic) bond motifs is 1. The Labute approximate surface area is 212 Å². The average molecular weight is 480 g/mol. The molecule has 0 saturated heterocycles. The average Bonchev–Trinajstić information content (AvgIpc) is 3.43. The minimum Gasteiger partial charge on any atom is -0.372 e. The maximum atomic E-state index is 12.8. The summed E-state index contributed by atoms with van der Waals surface area (Å²) in [7, 11) is 0. The molecule has 184 valence electrons. The Morgan fingerprint density at radius 3 is 2.53 bits per heavy atom. The molecule has 0 aliphatic heterocycles. The van der Waals surface area contributed by atoms with Crippen molar-refractivity contribution in [1.82, 2.24) is 14.9 Å². The Hall–Kier alpha value is -4.24. The molecule has 4 rings (SSSR count). The zero-order valence-corrected chi connectivity index (χ0v) is 21.4. The molecule has 0 saturated carbocycles. The monoisotopic (exact) mass is 479 g/mol. The molecule has 1 amide bonds. The van der Waals surface area contributed by atoms with Gasteiger partial charge in [0, 0.05) is 59.5 Å². The first kappa shape index (κ1) is 24.9. The predicted octanol–water partition coefficient (Wildman–Crippen LogP) is 5.69. The third-order valence-corrected chi connectivity index (χ3v) is 6.73. The van der Waals surface area contributed by atoms with Crippen LogP contribution in [0.4, 0.5) is 5.69 Å². The van der Waals surface area contributed by atoms with Crippen molar-refractivity contribution in [1.29, 1.82) is 5.26 Å². The number of carbonyl (C=O) groups is 1. The Kier molecular flexibility index (Phi) is 7.60. The van der Waals surface area contributed by atoms with E-state index in [1.807, 2.05) is 44.3 Å². The van der Waals surface area contributed by atoms with Crippen LogP contribution in [0.5, 0.6) is 0 Å². The zero-order valence-electron chi connectivity index (χ0n) is 21.4. The van der Waals surface area contributed by atoms with Gasteiger partial charge in [-0.25, -0.2) is 0 Å². The van der Waals surface area contributed by atoms with E-state index in [4.69, 9.17) is 0 Å². The molecule has 6 heteroatoms. The van der Waals surface area contributed by atoms with Crippen LogP contribution < -0.4 is 10.2 Å². The van der Waals surface area contributed by atoms with Crippen molar-refractivity contribution in [2.75, 3.05) is 24.5 Å². The molecule has 2 heterocycles. The van der Waals surface area contributed by atoms with Gasteiger partial charge in [-0.05, 0) is 87.7 Å². The first-order valence-electron chi connectivity index (χ1n) is 12.5. The molecular weight excluding hydrogens is 446 g/mol. The lowest BCUT2D eigenvalue weighted by Gasteiger charge is -2.21. The van der Waals surface area contributed by atoms with Gasteiger partial charge in [-0.3, -0.25) is 4.79 Å². The fourth-order valence-electron chi connectivity index (χ4n) is 4.78. The fraction of sp³-hybridized carbons (Fsp3) is 0.267. The number of nitrogens with one attached hydrogen (secondary N) is 2. The molecule has 36 heavy (non-hydrogen) atoms. The summed E-state index contributed by atoms with van der Waals surface area (Å²) < 4.78 is 2.15. The summed E-state index contributed by atoms with van der Waals surface area (Å²) in [5, 5.41) is 13.8. The summed E-state index contributed by atoms with van der Waals surface area (Å²) in [6.45, 7) is 10.7. The smallest absolute Gasteiger partial charge is 0.261 e. The molecule has 0 radical (unpaired) electrons. The normalized spacial score (nSPS) is 11.5. The number of para-hydroxylation sites is 1. The zero-order chi connectivity index (χ0) is 25.7. The van der Waals surface area contributed by atoms with Gasteiger partial charge in [0.25, 0.3) is 5.91 Å². The maximum Gasteiger partial charge on any atom is 0.261 e. The number of amides is 1. The molecule has 2 aromatic carbocycles. The summed E-state index contributed by atoms with van der Waals surface area (Å²) in [5.41, 5.74) is 7.48. The molecule has 6 nitrogen and oxygen atoms in total. The third kappa shape index (κ3) is 5.06. The molecule has 0 aliphatic carbocycles. The fourth-order valence-corrected chi connectivity index (χ4v) is 4.78. The molecule has 0 atom stereocenters. The second-order valence-corrected chi connectivity index (χ2v) is 8.89. The van der Waals surface area contributed by atoms with Crippen LogP contribution in [0.25, 0.3) is 22.7 Å². The highest BCUT2D eigenvalue weighted by Gasteiger charge is 2.14. The van der Waals surface area contributed by atoms with Crippen molar-refractivity contribution >= 4 is 28.6 Å². The van der Waals surface area contributed by atoms with Crippen molar-refractivity contribution in [2.24, 2.45) is 0 Å². The van der Waals surface area contributed by atoms with Crippen LogP contribution in [0.3, 0.4) is 0 Å². The van der Waals surface area contributed by atoms with Crippen LogP contribution in [0.15, 0.2) is 66.4 Å². The number of benzene rings is 2. The van der Waals surface area contributed by atoms with Gasteiger partial charge in [0.15, 0.2) is 0 Å². The van der Waals surface area contributed by atoms with Gasteiger partial charge < -0.3 is 19.8 Å². The Morgan fingerprint density at radius 2 is 1.83 bits per heavy atom. The van der Waals surface area contributed by atoms with Gasteiger partial charge >= 0.3 is 0 Å². The minimum atomic E-state index is -0.356. The van der Waals surface area contributed by atoms with Gasteiger partial charge in [-0.1, -0.05) is 18.2 Å². The predicted molar refractivity (Wildman–Crippen MR) is 147 cm³/mol. The highest BCUT2D eigenvalue weighted by atomic mass is 16.1. The number of aryl methyl sites for hydroxylation is 1. The molecular formula is C30H33N5O. The van der Waals surface area contributed by atoms with E-state index < -0.39 is 0 Å². The standard InChI is InChI=1S/C30H33N5O/c1-5-34(6-2)26-11-13-27(14-12-26)35-21(3)17-24(22(35)4)18-25(19-31)30(36)32-16-15-23-20-33-29-10-8-7-9-28(23)29/h7-14,17-18,20,33H,5-6,15-16H2,1-4H3,(H,32,36)/b25-18-. The van der Waals surface area contributed by atoms with Crippen molar-refractivity contribution in [3.8, 4) is 11.8 Å². The number of hydrogen-bond acceptors (Lipinski definition) is 3. The number of aromatic amines is 1. The second-order valence-electron chi connectivity index (χ2n) is 8.89. The van der Waals surface area contributed by atoms with Gasteiger partial charge in [-0.2, -0.15) is 5.26 Å². The number of H-pyrrole nitrogens is 1. The SMILES string of the molecule is CCN(CC)c1ccc(-n2c(C)cc(/C=C(/C#N)C(=O)NCCc3c[nH]c4ccccc34)c2C)cc1. The highest BCUT2D eigenvalue weighted by Crippen LogP contribution is 2.25. The molecule has 2 aromatic heterocycles. The van der Waals surface area contributed by atoms with Gasteiger partial charge in [0.2, 0.25) is 0 Å². The number of nitrogens with zero attached hydrogens (tertiary/aromatic N) is 3. The summed E-state index contributed by atoms with van der Waals surface area (Å²) in [6, 6.07) is 20.7. The van der Waals surface area contributed by atoms with E-state index in [1.54, 1.807) is 6.08 Å². The number of nitriles is 1. The largest absolute Gasteiger partial charge is 0.372 e. The second kappa shape index (κ2) is 11.0. The number of anilines is 1. The van der Waals surface area contributed by atoms with E-state index in [9.17, 15) is 10.1 Å². The first-order chi connectivity index (χ1) is 17.5. The Bertz CT molecular complexity index is 1430. The van der Waals surface area contributed by atoms with Gasteiger partial charge in [0.05, 0.1) is 0 Å². The maximum absolute atomic E-state index is 12.8. The summed E-state index contributed by atoms with van der Waals surface area (Å²) in [6.07, 6.45) is 4.35. The van der Waals surface area contributed by atoms with E-state index in [0.29, 0.717) is 13.0 Å². The highest BCUT2D eigenvalue weighted by molar-refractivity contribution is 6.01. The van der Waals surface area contributed by atoms with E-state index in [-0.39, 0.29) is 11.5 Å². The van der Waals surface area contributed by atoms with Crippen molar-refractivity contribution in [3.63, 3.8) is 0 Å². The first-order valence-corrected chi connectivity index (χ1v) is 12.5. The molecule has 0 unspecified atom stereocenters. The lowest BCUT2D eigenvalue weighted by atomic mass is 10.1. The van der Waals surface area contributed by atoms with Gasteiger partial charge in [-0.15, -0.1) is 0 Å². The summed E-state index contributed by atoms with van der Waals surface area (Å²) in [5.74, 6) is -0.356. The summed E-state index contributed by atoms with van der Waals surface area (Å²) >= 11 is 0. The van der Waals surface area contributed by atoms with Crippen LogP contribution in [0.2, 0.25) is 0 Å². The van der Waals surface area contributed by atoms with Gasteiger partial charge in [0.1, 0.15) is 11.6 Å². The Balaban J connectivity index is 1.48. The minimum absolute atomic E-state index is 0.103. The lowest BCUT2D eigenvalue weighted by molar-refractivity contribution is -0.117. The summed E-state index contributed by atoms with van der Waals surface area (Å²) in [4.78, 5) is 18.3. The Morgan fingerprint density at radius 1 is 1.11 bits per heavy atom. The molecule has 0 fully saturated rings. The van der Waals surface area contributed by atoms with E-state index >= 15 is 0 Å². The number of rotatable bonds is 9. The third-order valence-electron chi connectivity index (χ3n) is 6.73. The van der Waals surface area contributed by atoms with E-state index in [1.165, 1.54) is 5.69 Å². The molecule has 0 bridgehead atoms. The quantitative estimate of drug-likeness (QED) is 0.239. The van der Waals surface area contributed by atoms with Crippen molar-refractivity contribution in [3.05, 3.63) is 88.9 Å². The van der Waals surface area contributed by atoms with E-state index in [0.717, 1.165) is 52.2 Å². The lowest BCUT2D eigenvalue weighted by Crippen LogP contribution is -2.26. The number of aromatic nitrogens is 2. The van der Waals surface area contributed by atoms with E-state index in [2.05, 4.69) is 70.0 Å². The molecule has 0 spiro atoms. The van der Waals surface area contributed by atoms with Crippen molar-refractivity contribution in [2.45, 2.75) is 34.1 Å². The molecule has 2 N–H and O–H groups in total.